The largest absolute Gasteiger partial charge is 0.344 e. The van der Waals surface area contributed by atoms with Crippen LogP contribution in [-0.4, -0.2) is 5.16 Å². The molecule has 1 aromatic rings. The molecule has 0 unspecified atom stereocenters. The molecule has 0 aromatic carbocycles. The van der Waals surface area contributed by atoms with Gasteiger partial charge in [0.25, 0.3) is 0 Å². The zero-order chi connectivity index (χ0) is 6.97. The first-order valence-electron chi connectivity index (χ1n) is 3.48. The van der Waals surface area contributed by atoms with Crippen LogP contribution in [0.2, 0.25) is 5.22 Å². The lowest BCUT2D eigenvalue weighted by Gasteiger charge is -2.22. The van der Waals surface area contributed by atoms with E-state index in [1.165, 1.54) is 19.3 Å². The molecule has 1 aliphatic rings. The molecule has 1 heterocycles. The maximum atomic E-state index is 5.56. The molecule has 3 heteroatoms. The first-order chi connectivity index (χ1) is 4.86. The van der Waals surface area contributed by atoms with Crippen LogP contribution in [0, 0.1) is 0 Å². The molecule has 1 aromatic heterocycles. The molecular weight excluding hydrogens is 150 g/mol. The number of rotatable bonds is 1. The summed E-state index contributed by atoms with van der Waals surface area (Å²) in [6, 6.07) is 1.81. The molecule has 0 radical (unpaired) electrons. The maximum absolute atomic E-state index is 5.56. The Morgan fingerprint density at radius 2 is 2.40 bits per heavy atom. The van der Waals surface area contributed by atoms with Crippen LogP contribution < -0.4 is 0 Å². The summed E-state index contributed by atoms with van der Waals surface area (Å²) in [5, 5.41) is 4.24. The Bertz CT molecular complexity index is 229. The second-order valence-electron chi connectivity index (χ2n) is 2.68. The smallest absolute Gasteiger partial charge is 0.226 e. The van der Waals surface area contributed by atoms with E-state index in [-0.39, 0.29) is 0 Å². The van der Waals surface area contributed by atoms with Gasteiger partial charge in [-0.15, -0.1) is 0 Å². The van der Waals surface area contributed by atoms with Crippen LogP contribution in [0.3, 0.4) is 0 Å². The Labute approximate surface area is 64.2 Å². The van der Waals surface area contributed by atoms with Gasteiger partial charge in [0.15, 0.2) is 0 Å². The predicted molar refractivity (Wildman–Crippen MR) is 38.1 cm³/mol. The van der Waals surface area contributed by atoms with Gasteiger partial charge in [-0.1, -0.05) is 11.6 Å². The van der Waals surface area contributed by atoms with Gasteiger partial charge in [0.05, 0.1) is 5.69 Å². The Kier molecular flexibility index (Phi) is 1.42. The van der Waals surface area contributed by atoms with Crippen molar-refractivity contribution in [1.82, 2.24) is 5.16 Å². The number of aromatic nitrogens is 1. The van der Waals surface area contributed by atoms with Crippen molar-refractivity contribution in [3.63, 3.8) is 0 Å². The van der Waals surface area contributed by atoms with E-state index in [2.05, 4.69) is 5.16 Å². The summed E-state index contributed by atoms with van der Waals surface area (Å²) >= 11 is 5.56. The fraction of sp³-hybridized carbons (Fsp3) is 0.571. The van der Waals surface area contributed by atoms with Gasteiger partial charge in [0.1, 0.15) is 0 Å². The minimum atomic E-state index is 0.405. The molecule has 0 saturated heterocycles. The lowest BCUT2D eigenvalue weighted by Crippen LogP contribution is -2.08. The van der Waals surface area contributed by atoms with Crippen molar-refractivity contribution < 1.29 is 4.52 Å². The first kappa shape index (κ1) is 6.23. The summed E-state index contributed by atoms with van der Waals surface area (Å²) in [6.07, 6.45) is 3.79. The molecule has 2 rings (SSSR count). The third kappa shape index (κ3) is 0.926. The molecule has 0 atom stereocenters. The van der Waals surface area contributed by atoms with Crippen LogP contribution in [0.25, 0.3) is 0 Å². The zero-order valence-corrected chi connectivity index (χ0v) is 6.27. The molecule has 0 bridgehead atoms. The summed E-state index contributed by atoms with van der Waals surface area (Å²) in [4.78, 5) is 0. The Hall–Kier alpha value is -0.500. The van der Waals surface area contributed by atoms with Gasteiger partial charge in [-0.3, -0.25) is 0 Å². The third-order valence-corrected chi connectivity index (χ3v) is 2.20. The molecule has 0 spiro atoms. The van der Waals surface area contributed by atoms with Crippen LogP contribution in [0.1, 0.15) is 30.9 Å². The molecule has 54 valence electrons. The van der Waals surface area contributed by atoms with Gasteiger partial charge < -0.3 is 4.52 Å². The quantitative estimate of drug-likeness (QED) is 0.626. The van der Waals surface area contributed by atoms with Gasteiger partial charge >= 0.3 is 0 Å². The number of halogens is 1. The normalized spacial score (nSPS) is 18.9. The predicted octanol–water partition coefficient (Wildman–Crippen LogP) is 2.60. The molecule has 1 aliphatic carbocycles. The molecule has 10 heavy (non-hydrogen) atoms. The summed E-state index contributed by atoms with van der Waals surface area (Å²) in [5.74, 6) is 0.622. The van der Waals surface area contributed by atoms with E-state index in [4.69, 9.17) is 16.1 Å². The van der Waals surface area contributed by atoms with Crippen molar-refractivity contribution in [2.24, 2.45) is 0 Å². The molecule has 1 saturated carbocycles. The van der Waals surface area contributed by atoms with Crippen LogP contribution in [-0.2, 0) is 0 Å². The van der Waals surface area contributed by atoms with Crippen molar-refractivity contribution >= 4 is 11.6 Å². The van der Waals surface area contributed by atoms with Crippen molar-refractivity contribution in [1.29, 1.82) is 0 Å². The molecule has 2 nitrogen and oxygen atoms in total. The zero-order valence-electron chi connectivity index (χ0n) is 5.51. The van der Waals surface area contributed by atoms with Gasteiger partial charge in [-0.25, -0.2) is 0 Å². The molecule has 0 amide bonds. The van der Waals surface area contributed by atoms with E-state index < -0.39 is 0 Å². The highest BCUT2D eigenvalue weighted by Crippen LogP contribution is 2.36. The average molecular weight is 158 g/mol. The Morgan fingerprint density at radius 1 is 1.60 bits per heavy atom. The fourth-order valence-electron chi connectivity index (χ4n) is 1.16. The van der Waals surface area contributed by atoms with E-state index in [0.29, 0.717) is 11.1 Å². The van der Waals surface area contributed by atoms with Gasteiger partial charge in [-0.2, -0.15) is 0 Å². The monoisotopic (exact) mass is 157 g/mol. The van der Waals surface area contributed by atoms with E-state index in [1.54, 1.807) is 0 Å². The van der Waals surface area contributed by atoms with E-state index in [0.717, 1.165) is 5.69 Å². The number of hydrogen-bond acceptors (Lipinski definition) is 2. The Morgan fingerprint density at radius 3 is 2.80 bits per heavy atom. The SMILES string of the molecule is Clc1cc(C2CCC2)no1. The maximum Gasteiger partial charge on any atom is 0.226 e. The van der Waals surface area contributed by atoms with Crippen molar-refractivity contribution in [3.05, 3.63) is 17.0 Å². The third-order valence-electron chi connectivity index (χ3n) is 2.02. The molecule has 1 fully saturated rings. The standard InChI is InChI=1S/C7H8ClNO/c8-7-4-6(9-10-7)5-2-1-3-5/h4-5H,1-3H2. The minimum absolute atomic E-state index is 0.405. The second-order valence-corrected chi connectivity index (χ2v) is 3.06. The summed E-state index contributed by atoms with van der Waals surface area (Å²) in [6.45, 7) is 0. The van der Waals surface area contributed by atoms with E-state index >= 15 is 0 Å². The minimum Gasteiger partial charge on any atom is -0.344 e. The lowest BCUT2D eigenvalue weighted by molar-refractivity contribution is 0.364. The number of hydrogen-bond donors (Lipinski definition) is 0. The summed E-state index contributed by atoms with van der Waals surface area (Å²) in [7, 11) is 0. The van der Waals surface area contributed by atoms with Gasteiger partial charge in [-0.05, 0) is 24.4 Å². The van der Waals surface area contributed by atoms with Gasteiger partial charge in [0, 0.05) is 12.0 Å². The summed E-state index contributed by atoms with van der Waals surface area (Å²) in [5.41, 5.74) is 1.02. The number of nitrogens with zero attached hydrogens (tertiary/aromatic N) is 1. The van der Waals surface area contributed by atoms with Crippen LogP contribution >= 0.6 is 11.6 Å². The van der Waals surface area contributed by atoms with Crippen LogP contribution in [0.5, 0.6) is 0 Å². The highest BCUT2D eigenvalue weighted by Gasteiger charge is 2.22. The molecule has 0 N–H and O–H groups in total. The first-order valence-corrected chi connectivity index (χ1v) is 3.86. The van der Waals surface area contributed by atoms with Crippen LogP contribution in [0.15, 0.2) is 10.6 Å². The van der Waals surface area contributed by atoms with E-state index in [9.17, 15) is 0 Å². The fourth-order valence-corrected chi connectivity index (χ4v) is 1.31. The van der Waals surface area contributed by atoms with Gasteiger partial charge in [0.2, 0.25) is 5.22 Å². The Balaban J connectivity index is 2.17. The lowest BCUT2D eigenvalue weighted by atomic mass is 9.83. The van der Waals surface area contributed by atoms with Crippen molar-refractivity contribution in [3.8, 4) is 0 Å². The van der Waals surface area contributed by atoms with Crippen molar-refractivity contribution in [2.45, 2.75) is 25.2 Å². The average Bonchev–Trinajstić information content (AvgIpc) is 2.10. The summed E-state index contributed by atoms with van der Waals surface area (Å²) < 4.78 is 4.74. The highest BCUT2D eigenvalue weighted by molar-refractivity contribution is 6.28. The highest BCUT2D eigenvalue weighted by atomic mass is 35.5. The van der Waals surface area contributed by atoms with Crippen LogP contribution in [0.4, 0.5) is 0 Å². The topological polar surface area (TPSA) is 26.0 Å². The second kappa shape index (κ2) is 2.27. The molecule has 0 aliphatic heterocycles. The van der Waals surface area contributed by atoms with E-state index in [1.807, 2.05) is 6.07 Å². The molecular formula is C7H8ClNO. The van der Waals surface area contributed by atoms with Crippen molar-refractivity contribution in [2.75, 3.05) is 0 Å².